The molecule has 1 atom stereocenters. The molecular weight excluding hydrogens is 502 g/mol. The van der Waals surface area contributed by atoms with E-state index in [0.717, 1.165) is 27.5 Å². The number of thiazole rings is 1. The molecule has 0 bridgehead atoms. The SMILES string of the molecule is CCOC(=O)C1=C(C)N=c2s/c(=C/c3cc(C)n(-c4ccc(C)c(C)c4)c3C)c(=O)n2[C@H]1c1cccs1. The molecule has 0 saturated carbocycles. The van der Waals surface area contributed by atoms with E-state index in [1.54, 1.807) is 18.4 Å². The van der Waals surface area contributed by atoms with E-state index in [1.165, 1.54) is 33.8 Å². The number of benzene rings is 1. The predicted molar refractivity (Wildman–Crippen MR) is 149 cm³/mol. The van der Waals surface area contributed by atoms with Crippen LogP contribution in [0.15, 0.2) is 62.8 Å². The Labute approximate surface area is 223 Å². The van der Waals surface area contributed by atoms with Crippen LogP contribution in [0.4, 0.5) is 0 Å². The number of rotatable bonds is 5. The van der Waals surface area contributed by atoms with Crippen LogP contribution in [0, 0.1) is 27.7 Å². The number of aromatic nitrogens is 2. The van der Waals surface area contributed by atoms with E-state index in [-0.39, 0.29) is 12.2 Å². The Hall–Kier alpha value is -3.49. The van der Waals surface area contributed by atoms with E-state index < -0.39 is 12.0 Å². The van der Waals surface area contributed by atoms with Crippen molar-refractivity contribution in [1.29, 1.82) is 0 Å². The monoisotopic (exact) mass is 531 g/mol. The average molecular weight is 532 g/mol. The van der Waals surface area contributed by atoms with Crippen molar-refractivity contribution in [2.45, 2.75) is 47.6 Å². The molecule has 1 aliphatic heterocycles. The molecule has 8 heteroatoms. The number of aryl methyl sites for hydroxylation is 3. The van der Waals surface area contributed by atoms with Gasteiger partial charge < -0.3 is 9.30 Å². The molecule has 0 radical (unpaired) electrons. The molecule has 190 valence electrons. The standard InChI is InChI=1S/C29H29N3O3S2/c1-7-35-28(34)25-19(5)30-29-32(26(25)23-9-8-12-36-23)27(33)24(37-29)15-21-14-18(4)31(20(21)6)22-11-10-16(2)17(3)13-22/h8-15,26H,7H2,1-6H3/b24-15+/t26-/m0/s1. The summed E-state index contributed by atoms with van der Waals surface area (Å²) in [5.74, 6) is -0.437. The van der Waals surface area contributed by atoms with Crippen molar-refractivity contribution in [1.82, 2.24) is 9.13 Å². The molecule has 37 heavy (non-hydrogen) atoms. The minimum atomic E-state index is -0.555. The number of nitrogens with zero attached hydrogens (tertiary/aromatic N) is 3. The lowest BCUT2D eigenvalue weighted by Crippen LogP contribution is -2.39. The molecule has 0 aliphatic carbocycles. The van der Waals surface area contributed by atoms with Crippen molar-refractivity contribution >= 4 is 34.7 Å². The molecule has 0 unspecified atom stereocenters. The minimum Gasteiger partial charge on any atom is -0.463 e. The molecule has 6 nitrogen and oxygen atoms in total. The van der Waals surface area contributed by atoms with Gasteiger partial charge in [-0.3, -0.25) is 9.36 Å². The second-order valence-corrected chi connectivity index (χ2v) is 11.2. The highest BCUT2D eigenvalue weighted by molar-refractivity contribution is 7.10. The van der Waals surface area contributed by atoms with Crippen LogP contribution < -0.4 is 14.9 Å². The first-order valence-electron chi connectivity index (χ1n) is 12.2. The number of ether oxygens (including phenoxy) is 1. The summed E-state index contributed by atoms with van der Waals surface area (Å²) in [6.45, 7) is 12.2. The van der Waals surface area contributed by atoms with Gasteiger partial charge in [-0.2, -0.15) is 0 Å². The highest BCUT2D eigenvalue weighted by Gasteiger charge is 2.33. The predicted octanol–water partition coefficient (Wildman–Crippen LogP) is 4.88. The summed E-state index contributed by atoms with van der Waals surface area (Å²) in [7, 11) is 0. The van der Waals surface area contributed by atoms with Crippen molar-refractivity contribution < 1.29 is 9.53 Å². The maximum atomic E-state index is 13.8. The molecule has 1 aliphatic rings. The lowest BCUT2D eigenvalue weighted by atomic mass is 10.0. The Morgan fingerprint density at radius 1 is 1.11 bits per heavy atom. The van der Waals surface area contributed by atoms with Gasteiger partial charge in [0.2, 0.25) is 0 Å². The van der Waals surface area contributed by atoms with Gasteiger partial charge in [0.05, 0.1) is 22.4 Å². The molecule has 0 spiro atoms. The zero-order valence-corrected chi connectivity index (χ0v) is 23.4. The summed E-state index contributed by atoms with van der Waals surface area (Å²) in [5, 5.41) is 1.95. The fourth-order valence-electron chi connectivity index (χ4n) is 4.84. The molecule has 0 fully saturated rings. The van der Waals surface area contributed by atoms with Crippen molar-refractivity contribution in [3.05, 3.63) is 106 Å². The van der Waals surface area contributed by atoms with E-state index in [2.05, 4.69) is 61.5 Å². The second-order valence-electron chi connectivity index (χ2n) is 9.25. The molecule has 0 saturated heterocycles. The Balaban J connectivity index is 1.67. The van der Waals surface area contributed by atoms with Crippen LogP contribution in [0.5, 0.6) is 0 Å². The van der Waals surface area contributed by atoms with Gasteiger partial charge in [0.15, 0.2) is 4.80 Å². The topological polar surface area (TPSA) is 65.6 Å². The Kier molecular flexibility index (Phi) is 6.64. The molecule has 4 aromatic rings. The molecule has 3 aromatic heterocycles. The van der Waals surface area contributed by atoms with Gasteiger partial charge in [0.25, 0.3) is 5.56 Å². The fraction of sp³-hybridized carbons (Fsp3) is 0.276. The third-order valence-corrected chi connectivity index (χ3v) is 8.74. The Bertz CT molecular complexity index is 1730. The van der Waals surface area contributed by atoms with E-state index in [0.29, 0.717) is 20.6 Å². The zero-order valence-electron chi connectivity index (χ0n) is 21.8. The minimum absolute atomic E-state index is 0.160. The van der Waals surface area contributed by atoms with Crippen molar-refractivity contribution in [2.75, 3.05) is 6.61 Å². The van der Waals surface area contributed by atoms with Gasteiger partial charge in [-0.1, -0.05) is 23.5 Å². The first-order chi connectivity index (χ1) is 17.7. The number of carbonyl (C=O) groups excluding carboxylic acids is 1. The summed E-state index contributed by atoms with van der Waals surface area (Å²) in [6, 6.07) is 11.9. The summed E-state index contributed by atoms with van der Waals surface area (Å²) in [5.41, 5.74) is 7.57. The molecular formula is C29H29N3O3S2. The van der Waals surface area contributed by atoms with Crippen molar-refractivity contribution in [2.24, 2.45) is 4.99 Å². The van der Waals surface area contributed by atoms with Gasteiger partial charge in [-0.25, -0.2) is 9.79 Å². The zero-order chi connectivity index (χ0) is 26.4. The fourth-order valence-corrected chi connectivity index (χ4v) is 6.71. The molecule has 1 aromatic carbocycles. The third kappa shape index (κ3) is 4.34. The first kappa shape index (κ1) is 25.2. The van der Waals surface area contributed by atoms with E-state index in [1.807, 2.05) is 23.6 Å². The number of fused-ring (bicyclic) bond motifs is 1. The molecule has 5 rings (SSSR count). The summed E-state index contributed by atoms with van der Waals surface area (Å²) in [6.07, 6.45) is 1.94. The number of allylic oxidation sites excluding steroid dienone is 1. The number of carbonyl (C=O) groups is 1. The van der Waals surface area contributed by atoms with Crippen LogP contribution in [0.3, 0.4) is 0 Å². The number of hydrogen-bond acceptors (Lipinski definition) is 6. The average Bonchev–Trinajstić information content (AvgIpc) is 3.55. The van der Waals surface area contributed by atoms with Crippen molar-refractivity contribution in [3.63, 3.8) is 0 Å². The van der Waals surface area contributed by atoms with E-state index in [9.17, 15) is 9.59 Å². The van der Waals surface area contributed by atoms with Gasteiger partial charge in [-0.05, 0) is 94.0 Å². The normalized spacial score (nSPS) is 15.6. The van der Waals surface area contributed by atoms with E-state index >= 15 is 0 Å². The highest BCUT2D eigenvalue weighted by atomic mass is 32.1. The molecule has 4 heterocycles. The largest absolute Gasteiger partial charge is 0.463 e. The Morgan fingerprint density at radius 2 is 1.89 bits per heavy atom. The van der Waals surface area contributed by atoms with Crippen LogP contribution in [0.25, 0.3) is 11.8 Å². The van der Waals surface area contributed by atoms with Crippen LogP contribution in [0.1, 0.15) is 52.8 Å². The number of thiophene rings is 1. The van der Waals surface area contributed by atoms with E-state index in [4.69, 9.17) is 4.74 Å². The van der Waals surface area contributed by atoms with Gasteiger partial charge in [0.1, 0.15) is 6.04 Å². The maximum absolute atomic E-state index is 13.8. The third-order valence-electron chi connectivity index (χ3n) is 6.84. The van der Waals surface area contributed by atoms with Crippen LogP contribution in [-0.2, 0) is 9.53 Å². The van der Waals surface area contributed by atoms with Gasteiger partial charge in [0, 0.05) is 22.0 Å². The van der Waals surface area contributed by atoms with Crippen LogP contribution >= 0.6 is 22.7 Å². The highest BCUT2D eigenvalue weighted by Crippen LogP contribution is 2.33. The van der Waals surface area contributed by atoms with Gasteiger partial charge >= 0.3 is 5.97 Å². The lowest BCUT2D eigenvalue weighted by Gasteiger charge is -2.23. The summed E-state index contributed by atoms with van der Waals surface area (Å²) in [4.78, 5) is 32.9. The summed E-state index contributed by atoms with van der Waals surface area (Å²) >= 11 is 2.86. The molecule has 0 amide bonds. The molecule has 0 N–H and O–H groups in total. The van der Waals surface area contributed by atoms with Gasteiger partial charge in [-0.15, -0.1) is 11.3 Å². The quantitative estimate of drug-likeness (QED) is 0.345. The summed E-state index contributed by atoms with van der Waals surface area (Å²) < 4.78 is 9.79. The van der Waals surface area contributed by atoms with Crippen LogP contribution in [0.2, 0.25) is 0 Å². The Morgan fingerprint density at radius 3 is 2.57 bits per heavy atom. The first-order valence-corrected chi connectivity index (χ1v) is 13.9. The number of hydrogen-bond donors (Lipinski definition) is 0. The second kappa shape index (κ2) is 9.76. The van der Waals surface area contributed by atoms with Crippen LogP contribution in [-0.4, -0.2) is 21.7 Å². The lowest BCUT2D eigenvalue weighted by molar-refractivity contribution is -0.139. The smallest absolute Gasteiger partial charge is 0.338 e. The van der Waals surface area contributed by atoms with Crippen molar-refractivity contribution in [3.8, 4) is 5.69 Å². The number of esters is 1. The maximum Gasteiger partial charge on any atom is 0.338 e.